The van der Waals surface area contributed by atoms with E-state index in [4.69, 9.17) is 0 Å². The summed E-state index contributed by atoms with van der Waals surface area (Å²) in [5, 5.41) is 0. The quantitative estimate of drug-likeness (QED) is 0.399. The van der Waals surface area contributed by atoms with Gasteiger partial charge in [0.15, 0.2) is 0 Å². The van der Waals surface area contributed by atoms with E-state index < -0.39 is 0 Å². The fourth-order valence-electron chi connectivity index (χ4n) is 0. The fraction of sp³-hybridized carbons (Fsp3) is 0. The monoisotopic (exact) mass is 284 g/mol. The molecule has 0 heterocycles. The molecule has 0 aromatic carbocycles. The number of rotatable bonds is 0. The number of hydrogen-bond donors (Lipinski definition) is 0. The van der Waals surface area contributed by atoms with Gasteiger partial charge in [0.25, 0.3) is 0 Å². The van der Waals surface area contributed by atoms with Crippen LogP contribution in [0.2, 0.25) is 0 Å². The van der Waals surface area contributed by atoms with Gasteiger partial charge >= 0.3 is 75.8 Å². The molecule has 0 amide bonds. The van der Waals surface area contributed by atoms with Crippen molar-refractivity contribution in [3.8, 4) is 0 Å². The molecule has 0 spiro atoms. The maximum atomic E-state index is 0. The molecule has 0 saturated carbocycles. The standard InChI is InChI=1S/6FH.K.Sb.4H/h6*1H;;;;;;. The predicted octanol–water partition coefficient (Wildman–Crippen LogP) is -0.917. The molecule has 0 unspecified atom stereocenters. The topological polar surface area (TPSA) is 0 Å². The van der Waals surface area contributed by atoms with Crippen molar-refractivity contribution in [1.29, 1.82) is 0 Å². The van der Waals surface area contributed by atoms with Gasteiger partial charge in [0.1, 0.15) is 0 Å². The molecule has 8 heavy (non-hydrogen) atoms. The summed E-state index contributed by atoms with van der Waals surface area (Å²) in [7, 11) is 0. The van der Waals surface area contributed by atoms with Crippen LogP contribution in [0.15, 0.2) is 0 Å². The molecular formula is H10F6KSb. The van der Waals surface area contributed by atoms with Crippen LogP contribution in [0.25, 0.3) is 0 Å². The van der Waals surface area contributed by atoms with E-state index in [2.05, 4.69) is 0 Å². The molecule has 0 saturated heterocycles. The zero-order chi connectivity index (χ0) is 0. The van der Waals surface area contributed by atoms with Gasteiger partial charge in [-0.2, -0.15) is 0 Å². The summed E-state index contributed by atoms with van der Waals surface area (Å²) < 4.78 is 0. The van der Waals surface area contributed by atoms with E-state index in [1.54, 1.807) is 0 Å². The van der Waals surface area contributed by atoms with Crippen LogP contribution in [0.1, 0.15) is 0 Å². The van der Waals surface area contributed by atoms with E-state index in [1.807, 2.05) is 0 Å². The van der Waals surface area contributed by atoms with E-state index in [0.29, 0.717) is 0 Å². The van der Waals surface area contributed by atoms with Crippen LogP contribution >= 0.6 is 0 Å². The molecule has 0 fully saturated rings. The van der Waals surface area contributed by atoms with Crippen LogP contribution in [0.3, 0.4) is 0 Å². The summed E-state index contributed by atoms with van der Waals surface area (Å²) in [4.78, 5) is 0. The first kappa shape index (κ1) is 198. The van der Waals surface area contributed by atoms with Gasteiger partial charge in [-0.15, -0.1) is 0 Å². The van der Waals surface area contributed by atoms with Crippen LogP contribution < -0.4 is 0 Å². The van der Waals surface area contributed by atoms with Gasteiger partial charge in [-0.3, -0.25) is 28.2 Å². The molecule has 0 aromatic heterocycles. The Labute approximate surface area is 102 Å². The molecule has 0 aliphatic heterocycles. The zero-order valence-electron chi connectivity index (χ0n) is 3.16. The van der Waals surface area contributed by atoms with Gasteiger partial charge in [0, 0.05) is 0 Å². The summed E-state index contributed by atoms with van der Waals surface area (Å²) in [6, 6.07) is 0. The Balaban J connectivity index is 0. The van der Waals surface area contributed by atoms with Crippen molar-refractivity contribution in [2.75, 3.05) is 0 Å². The molecule has 8 heteroatoms. The second kappa shape index (κ2) is 141. The van der Waals surface area contributed by atoms with Crippen molar-refractivity contribution >= 4 is 75.8 Å². The number of hydrogen-bond acceptors (Lipinski definition) is 0. The van der Waals surface area contributed by atoms with Crippen LogP contribution in [0.4, 0.5) is 28.2 Å². The Morgan fingerprint density at radius 2 is 0.375 bits per heavy atom. The molecule has 0 aromatic rings. The second-order valence-electron chi connectivity index (χ2n) is 0. The SMILES string of the molecule is F.F.F.F.F.F.[KH].[SbH3]. The third kappa shape index (κ3) is 96.1. The zero-order valence-corrected chi connectivity index (χ0v) is 7.19. The van der Waals surface area contributed by atoms with E-state index in [1.165, 1.54) is 0 Å². The van der Waals surface area contributed by atoms with Crippen LogP contribution in [-0.2, 0) is 0 Å². The van der Waals surface area contributed by atoms with E-state index in [9.17, 15) is 0 Å². The Kier molecular flexibility index (Phi) is 3480. The summed E-state index contributed by atoms with van der Waals surface area (Å²) in [6.07, 6.45) is 0. The molecule has 0 rings (SSSR count). The molecule has 0 aliphatic rings. The van der Waals surface area contributed by atoms with Crippen LogP contribution in [0, 0.1) is 0 Å². The average molecular weight is 285 g/mol. The van der Waals surface area contributed by atoms with Crippen molar-refractivity contribution in [3.05, 3.63) is 0 Å². The normalized spacial score (nSPS) is 0. The average Bonchev–Trinajstić information content (AvgIpc) is 0. The van der Waals surface area contributed by atoms with Crippen molar-refractivity contribution in [1.82, 2.24) is 0 Å². The van der Waals surface area contributed by atoms with Gasteiger partial charge in [-0.05, 0) is 0 Å². The summed E-state index contributed by atoms with van der Waals surface area (Å²) >= 11 is 0. The maximum absolute atomic E-state index is 0. The molecule has 0 aliphatic carbocycles. The Hall–Kier alpha value is 2.03. The first-order chi connectivity index (χ1) is 0. The van der Waals surface area contributed by atoms with Gasteiger partial charge in [0.2, 0.25) is 0 Å². The van der Waals surface area contributed by atoms with Crippen LogP contribution in [-0.4, -0.2) is 75.8 Å². The molecule has 0 radical (unpaired) electrons. The van der Waals surface area contributed by atoms with E-state index in [-0.39, 0.29) is 104 Å². The summed E-state index contributed by atoms with van der Waals surface area (Å²) in [5.74, 6) is 0. The molecule has 0 nitrogen and oxygen atoms in total. The molecule has 0 bridgehead atoms. The fourth-order valence-corrected chi connectivity index (χ4v) is 0. The molecular weight excluding hydrogens is 275 g/mol. The Morgan fingerprint density at radius 3 is 0.375 bits per heavy atom. The summed E-state index contributed by atoms with van der Waals surface area (Å²) in [6.45, 7) is 0. The molecule has 0 N–H and O–H groups in total. The molecule has 58 valence electrons. The van der Waals surface area contributed by atoms with E-state index in [0.717, 1.165) is 0 Å². The van der Waals surface area contributed by atoms with Crippen molar-refractivity contribution < 1.29 is 28.2 Å². The van der Waals surface area contributed by atoms with Gasteiger partial charge in [-0.25, -0.2) is 0 Å². The van der Waals surface area contributed by atoms with Crippen molar-refractivity contribution in [2.24, 2.45) is 0 Å². The minimum absolute atomic E-state index is 0. The van der Waals surface area contributed by atoms with Crippen molar-refractivity contribution in [3.63, 3.8) is 0 Å². The van der Waals surface area contributed by atoms with Crippen molar-refractivity contribution in [2.45, 2.75) is 0 Å². The second-order valence-corrected chi connectivity index (χ2v) is 0. The first-order valence-corrected chi connectivity index (χ1v) is 0. The van der Waals surface area contributed by atoms with Gasteiger partial charge < -0.3 is 0 Å². The number of halogens is 6. The summed E-state index contributed by atoms with van der Waals surface area (Å²) in [5.41, 5.74) is 0. The third-order valence-corrected chi connectivity index (χ3v) is 0. The van der Waals surface area contributed by atoms with Gasteiger partial charge in [0.05, 0.1) is 0 Å². The third-order valence-electron chi connectivity index (χ3n) is 0. The first-order valence-electron chi connectivity index (χ1n) is 0. The van der Waals surface area contributed by atoms with Crippen LogP contribution in [0.5, 0.6) is 0 Å². The Morgan fingerprint density at radius 1 is 0.375 bits per heavy atom. The molecule has 0 atom stereocenters. The Bertz CT molecular complexity index is 8.49. The minimum atomic E-state index is 0. The predicted molar refractivity (Wildman–Crippen MR) is 32.1 cm³/mol. The van der Waals surface area contributed by atoms with E-state index >= 15 is 0 Å². The van der Waals surface area contributed by atoms with Gasteiger partial charge in [-0.1, -0.05) is 0 Å².